The molecule has 4 aromatic carbocycles. The third-order valence-electron chi connectivity index (χ3n) is 6.00. The van der Waals surface area contributed by atoms with E-state index in [1.54, 1.807) is 7.11 Å². The molecule has 0 N–H and O–H groups in total. The first kappa shape index (κ1) is 26.3. The van der Waals surface area contributed by atoms with Gasteiger partial charge in [-0.3, -0.25) is 9.69 Å². The van der Waals surface area contributed by atoms with Gasteiger partial charge in [-0.05, 0) is 87.2 Å². The molecule has 5 rings (SSSR count). The summed E-state index contributed by atoms with van der Waals surface area (Å²) in [6, 6.07) is 25.5. The Morgan fingerprint density at radius 2 is 1.76 bits per heavy atom. The number of rotatable bonds is 8. The van der Waals surface area contributed by atoms with Gasteiger partial charge >= 0.3 is 0 Å². The maximum atomic E-state index is 13.3. The van der Waals surface area contributed by atoms with Crippen LogP contribution < -0.4 is 19.1 Å². The van der Waals surface area contributed by atoms with Crippen LogP contribution in [0.15, 0.2) is 88.2 Å². The number of anilines is 1. The monoisotopic (exact) mass is 605 g/mol. The molecule has 5 nitrogen and oxygen atoms in total. The van der Waals surface area contributed by atoms with Crippen molar-refractivity contribution in [1.29, 1.82) is 0 Å². The summed E-state index contributed by atoms with van der Waals surface area (Å²) < 4.78 is 18.6. The zero-order valence-corrected chi connectivity index (χ0v) is 24.0. The van der Waals surface area contributed by atoms with Crippen LogP contribution in [-0.4, -0.2) is 23.9 Å². The molecule has 192 valence electrons. The third kappa shape index (κ3) is 5.43. The fourth-order valence-corrected chi connectivity index (χ4v) is 6.10. The normalized spacial score (nSPS) is 14.4. The summed E-state index contributed by atoms with van der Waals surface area (Å²) in [4.78, 5) is 15.3. The first-order valence-electron chi connectivity index (χ1n) is 12.0. The Hall–Kier alpha value is -3.33. The van der Waals surface area contributed by atoms with Gasteiger partial charge in [-0.25, -0.2) is 0 Å². The molecule has 4 aromatic rings. The molecule has 1 aliphatic heterocycles. The van der Waals surface area contributed by atoms with Gasteiger partial charge in [-0.2, -0.15) is 0 Å². The molecule has 0 spiro atoms. The van der Waals surface area contributed by atoms with Gasteiger partial charge in [0.1, 0.15) is 12.4 Å². The Labute approximate surface area is 239 Å². The van der Waals surface area contributed by atoms with Crippen LogP contribution >= 0.6 is 39.9 Å². The Kier molecular flexibility index (Phi) is 8.02. The number of hydrogen-bond acceptors (Lipinski definition) is 6. The SMILES string of the molecule is CCOc1ccc(N2C(=O)/C(=C\c3cc(Br)c(OCc4cccc5ccccc45)c(OC)c3)SC2=S)cc1. The van der Waals surface area contributed by atoms with Crippen LogP contribution in [-0.2, 0) is 11.4 Å². The van der Waals surface area contributed by atoms with E-state index in [-0.39, 0.29) is 5.91 Å². The van der Waals surface area contributed by atoms with Gasteiger partial charge in [-0.1, -0.05) is 66.4 Å². The standard InChI is InChI=1S/C30H24BrNO4S2/c1-3-35-23-13-11-22(12-14-23)32-29(33)27(38-30(32)37)17-19-15-25(31)28(26(16-19)34-2)36-18-21-9-6-8-20-7-4-5-10-24(20)21/h4-17H,3,18H2,1-2H3/b27-17+. The molecule has 38 heavy (non-hydrogen) atoms. The van der Waals surface area contributed by atoms with Crippen molar-refractivity contribution in [3.05, 3.63) is 99.4 Å². The average molecular weight is 607 g/mol. The summed E-state index contributed by atoms with van der Waals surface area (Å²) >= 11 is 10.4. The number of carbonyl (C=O) groups is 1. The minimum atomic E-state index is -0.171. The van der Waals surface area contributed by atoms with Crippen molar-refractivity contribution >= 4 is 72.7 Å². The molecule has 0 aliphatic carbocycles. The molecular weight excluding hydrogens is 582 g/mol. The minimum Gasteiger partial charge on any atom is -0.494 e. The molecule has 0 saturated carbocycles. The number of carbonyl (C=O) groups excluding carboxylic acids is 1. The van der Waals surface area contributed by atoms with Gasteiger partial charge in [0.2, 0.25) is 0 Å². The lowest BCUT2D eigenvalue weighted by molar-refractivity contribution is -0.113. The molecule has 1 aliphatic rings. The van der Waals surface area contributed by atoms with E-state index < -0.39 is 0 Å². The van der Waals surface area contributed by atoms with E-state index in [9.17, 15) is 4.79 Å². The molecular formula is C30H24BrNO4S2. The first-order chi connectivity index (χ1) is 18.5. The molecule has 1 fully saturated rings. The molecule has 1 saturated heterocycles. The Balaban J connectivity index is 1.37. The zero-order chi connectivity index (χ0) is 26.6. The third-order valence-corrected chi connectivity index (χ3v) is 7.89. The van der Waals surface area contributed by atoms with E-state index in [0.717, 1.165) is 32.1 Å². The molecule has 0 atom stereocenters. The van der Waals surface area contributed by atoms with Crippen LogP contribution in [0.2, 0.25) is 0 Å². The maximum Gasteiger partial charge on any atom is 0.270 e. The fraction of sp³-hybridized carbons (Fsp3) is 0.133. The highest BCUT2D eigenvalue weighted by Gasteiger charge is 2.33. The summed E-state index contributed by atoms with van der Waals surface area (Å²) in [5, 5.41) is 2.31. The number of methoxy groups -OCH3 is 1. The fourth-order valence-electron chi connectivity index (χ4n) is 4.23. The quantitative estimate of drug-likeness (QED) is 0.150. The van der Waals surface area contributed by atoms with Crippen LogP contribution in [0, 0.1) is 0 Å². The lowest BCUT2D eigenvalue weighted by atomic mass is 10.1. The molecule has 0 aromatic heterocycles. The van der Waals surface area contributed by atoms with Gasteiger partial charge < -0.3 is 14.2 Å². The van der Waals surface area contributed by atoms with Gasteiger partial charge in [0.15, 0.2) is 15.8 Å². The van der Waals surface area contributed by atoms with E-state index in [1.165, 1.54) is 16.7 Å². The minimum absolute atomic E-state index is 0.171. The molecule has 0 unspecified atom stereocenters. The van der Waals surface area contributed by atoms with Crippen LogP contribution in [0.5, 0.6) is 17.2 Å². The molecule has 8 heteroatoms. The zero-order valence-electron chi connectivity index (χ0n) is 20.8. The second-order valence-corrected chi connectivity index (χ2v) is 10.9. The molecule has 1 amide bonds. The van der Waals surface area contributed by atoms with E-state index in [4.69, 9.17) is 26.4 Å². The number of amides is 1. The van der Waals surface area contributed by atoms with E-state index in [2.05, 4.69) is 40.2 Å². The second-order valence-electron chi connectivity index (χ2n) is 8.41. The van der Waals surface area contributed by atoms with Gasteiger partial charge in [0.25, 0.3) is 5.91 Å². The van der Waals surface area contributed by atoms with Crippen LogP contribution in [0.3, 0.4) is 0 Å². The number of nitrogens with zero attached hydrogens (tertiary/aromatic N) is 1. The average Bonchev–Trinajstić information content (AvgIpc) is 3.20. The molecule has 0 radical (unpaired) electrons. The predicted octanol–water partition coefficient (Wildman–Crippen LogP) is 7.99. The van der Waals surface area contributed by atoms with Crippen molar-refractivity contribution in [2.45, 2.75) is 13.5 Å². The van der Waals surface area contributed by atoms with Crippen LogP contribution in [0.25, 0.3) is 16.8 Å². The smallest absolute Gasteiger partial charge is 0.270 e. The van der Waals surface area contributed by atoms with E-state index >= 15 is 0 Å². The summed E-state index contributed by atoms with van der Waals surface area (Å²) in [6.45, 7) is 2.89. The predicted molar refractivity (Wildman–Crippen MR) is 162 cm³/mol. The van der Waals surface area contributed by atoms with Crippen LogP contribution in [0.4, 0.5) is 5.69 Å². The Bertz CT molecular complexity index is 1550. The van der Waals surface area contributed by atoms with Crippen molar-refractivity contribution < 1.29 is 19.0 Å². The number of fused-ring (bicyclic) bond motifs is 1. The number of halogens is 1. The number of thiocarbonyl (C=S) groups is 1. The highest BCUT2D eigenvalue weighted by atomic mass is 79.9. The van der Waals surface area contributed by atoms with Gasteiger partial charge in [-0.15, -0.1) is 0 Å². The number of thioether (sulfide) groups is 1. The highest BCUT2D eigenvalue weighted by molar-refractivity contribution is 9.10. The number of benzene rings is 4. The lowest BCUT2D eigenvalue weighted by Crippen LogP contribution is -2.27. The highest BCUT2D eigenvalue weighted by Crippen LogP contribution is 2.41. The maximum absolute atomic E-state index is 13.3. The number of hydrogen-bond donors (Lipinski definition) is 0. The second kappa shape index (κ2) is 11.6. The van der Waals surface area contributed by atoms with E-state index in [0.29, 0.717) is 39.6 Å². The van der Waals surface area contributed by atoms with E-state index in [1.807, 2.05) is 67.6 Å². The molecule has 0 bridgehead atoms. The molecule has 1 heterocycles. The van der Waals surface area contributed by atoms with Crippen LogP contribution in [0.1, 0.15) is 18.1 Å². The largest absolute Gasteiger partial charge is 0.494 e. The van der Waals surface area contributed by atoms with Crippen molar-refractivity contribution in [1.82, 2.24) is 0 Å². The van der Waals surface area contributed by atoms with Crippen molar-refractivity contribution in [3.8, 4) is 17.2 Å². The topological polar surface area (TPSA) is 48.0 Å². The van der Waals surface area contributed by atoms with Gasteiger partial charge in [0.05, 0.1) is 28.8 Å². The lowest BCUT2D eigenvalue weighted by Gasteiger charge is -2.15. The number of ether oxygens (including phenoxy) is 3. The summed E-state index contributed by atoms with van der Waals surface area (Å²) in [6.07, 6.45) is 1.82. The van der Waals surface area contributed by atoms with Gasteiger partial charge in [0, 0.05) is 0 Å². The Morgan fingerprint density at radius 1 is 1.00 bits per heavy atom. The summed E-state index contributed by atoms with van der Waals surface area (Å²) in [5.41, 5.74) is 2.58. The Morgan fingerprint density at radius 3 is 2.53 bits per heavy atom. The first-order valence-corrected chi connectivity index (χ1v) is 14.0. The summed E-state index contributed by atoms with van der Waals surface area (Å²) in [5.74, 6) is 1.74. The van der Waals surface area contributed by atoms with Crippen molar-refractivity contribution in [2.75, 3.05) is 18.6 Å². The van der Waals surface area contributed by atoms with Crippen molar-refractivity contribution in [2.24, 2.45) is 0 Å². The van der Waals surface area contributed by atoms with Crippen molar-refractivity contribution in [3.63, 3.8) is 0 Å². The summed E-state index contributed by atoms with van der Waals surface area (Å²) in [7, 11) is 1.60.